The number of halogens is 1. The van der Waals surface area contributed by atoms with Crippen molar-refractivity contribution in [3.05, 3.63) is 92.5 Å². The molecule has 4 aromatic rings. The quantitative estimate of drug-likeness (QED) is 0.321. The van der Waals surface area contributed by atoms with Gasteiger partial charge >= 0.3 is 4.87 Å². The summed E-state index contributed by atoms with van der Waals surface area (Å²) >= 11 is 7.01. The molecule has 6 nitrogen and oxygen atoms in total. The Kier molecular flexibility index (Phi) is 7.21. The second kappa shape index (κ2) is 10.4. The molecule has 0 radical (unpaired) electrons. The van der Waals surface area contributed by atoms with Crippen LogP contribution in [0, 0.1) is 0 Å². The summed E-state index contributed by atoms with van der Waals surface area (Å²) in [7, 11) is -3.78. The molecule has 9 heteroatoms. The molecule has 0 spiro atoms. The number of rotatable bonds is 7. The summed E-state index contributed by atoms with van der Waals surface area (Å²) in [4.78, 5) is 15.0. The first kappa shape index (κ1) is 25.0. The second-order valence-electron chi connectivity index (χ2n) is 9.19. The number of hydrogen-bond donors (Lipinski definition) is 1. The maximum atomic E-state index is 13.2. The van der Waals surface area contributed by atoms with Crippen molar-refractivity contribution in [1.29, 1.82) is 0 Å². The maximum absolute atomic E-state index is 13.2. The Labute approximate surface area is 220 Å². The second-order valence-corrected chi connectivity index (χ2v) is 12.3. The van der Waals surface area contributed by atoms with Gasteiger partial charge in [-0.2, -0.15) is 0 Å². The molecule has 1 atom stereocenters. The van der Waals surface area contributed by atoms with E-state index in [0.717, 1.165) is 35.6 Å². The number of piperidine rings is 1. The molecule has 5 rings (SSSR count). The van der Waals surface area contributed by atoms with E-state index in [-0.39, 0.29) is 9.77 Å². The molecule has 3 aromatic carbocycles. The number of anilines is 1. The van der Waals surface area contributed by atoms with E-state index < -0.39 is 16.1 Å². The zero-order valence-electron chi connectivity index (χ0n) is 20.0. The zero-order valence-corrected chi connectivity index (χ0v) is 22.4. The summed E-state index contributed by atoms with van der Waals surface area (Å²) < 4.78 is 31.4. The first-order valence-corrected chi connectivity index (χ1v) is 14.7. The molecule has 1 saturated heterocycles. The number of hydrogen-bond acceptors (Lipinski definition) is 5. The number of nitrogens with one attached hydrogen (secondary N) is 1. The van der Waals surface area contributed by atoms with Crippen molar-refractivity contribution in [2.45, 2.75) is 43.7 Å². The van der Waals surface area contributed by atoms with Gasteiger partial charge in [0.15, 0.2) is 0 Å². The third kappa shape index (κ3) is 5.37. The smallest absolute Gasteiger partial charge is 0.308 e. The van der Waals surface area contributed by atoms with E-state index in [4.69, 9.17) is 11.6 Å². The Bertz CT molecular complexity index is 1520. The molecule has 0 saturated carbocycles. The number of thiazole rings is 1. The molecule has 1 aliphatic rings. The average Bonchev–Trinajstić information content (AvgIpc) is 3.19. The molecular formula is C27H28ClN3O3S2. The van der Waals surface area contributed by atoms with Crippen molar-refractivity contribution >= 4 is 48.9 Å². The fourth-order valence-electron chi connectivity index (χ4n) is 4.63. The van der Waals surface area contributed by atoms with Crippen LogP contribution in [0.3, 0.4) is 0 Å². The predicted octanol–water partition coefficient (Wildman–Crippen LogP) is 5.79. The van der Waals surface area contributed by atoms with Crippen molar-refractivity contribution in [3.8, 4) is 0 Å². The number of aromatic nitrogens is 1. The third-order valence-electron chi connectivity index (χ3n) is 6.65. The van der Waals surface area contributed by atoms with Gasteiger partial charge in [0, 0.05) is 29.8 Å². The normalized spacial score (nSPS) is 15.3. The van der Waals surface area contributed by atoms with Gasteiger partial charge in [-0.3, -0.25) is 9.36 Å². The van der Waals surface area contributed by atoms with Gasteiger partial charge in [-0.15, -0.1) is 0 Å². The molecule has 1 fully saturated rings. The maximum Gasteiger partial charge on any atom is 0.308 e. The van der Waals surface area contributed by atoms with Gasteiger partial charge in [0.1, 0.15) is 0 Å². The lowest BCUT2D eigenvalue weighted by molar-refractivity contribution is 0.566. The topological polar surface area (TPSA) is 71.4 Å². The van der Waals surface area contributed by atoms with E-state index in [0.29, 0.717) is 21.8 Å². The van der Waals surface area contributed by atoms with E-state index in [1.165, 1.54) is 24.9 Å². The van der Waals surface area contributed by atoms with E-state index >= 15 is 0 Å². The minimum absolute atomic E-state index is 0.135. The molecule has 188 valence electrons. The SMILES string of the molecule is C[C@@H](NS(=O)(=O)c1ccc2c(c1)sc(=O)n2Cc1ccc(Cl)cc1)c1ccc(N2CCCCC2)cc1. The zero-order chi connectivity index (χ0) is 25.3. The molecule has 0 amide bonds. The summed E-state index contributed by atoms with van der Waals surface area (Å²) in [6.45, 7) is 4.37. The Morgan fingerprint density at radius 1 is 0.972 bits per heavy atom. The third-order valence-corrected chi connectivity index (χ3v) is 9.38. The van der Waals surface area contributed by atoms with Gasteiger partial charge in [0.05, 0.1) is 21.7 Å². The van der Waals surface area contributed by atoms with Crippen molar-refractivity contribution < 1.29 is 8.42 Å². The molecule has 0 bridgehead atoms. The largest absolute Gasteiger partial charge is 0.372 e. The average molecular weight is 542 g/mol. The van der Waals surface area contributed by atoms with Crippen LogP contribution in [0.4, 0.5) is 5.69 Å². The highest BCUT2D eigenvalue weighted by Crippen LogP contribution is 2.26. The Morgan fingerprint density at radius 2 is 1.67 bits per heavy atom. The molecule has 1 aromatic heterocycles. The lowest BCUT2D eigenvalue weighted by atomic mass is 10.1. The highest BCUT2D eigenvalue weighted by atomic mass is 35.5. The molecule has 0 unspecified atom stereocenters. The number of fused-ring (bicyclic) bond motifs is 1. The molecular weight excluding hydrogens is 514 g/mol. The first-order valence-electron chi connectivity index (χ1n) is 12.1. The standard InChI is InChI=1S/C27H28ClN3O3S2/c1-19(21-7-11-23(12-8-21)30-15-3-2-4-16-30)29-36(33,34)24-13-14-25-26(17-24)35-27(32)31(25)18-20-5-9-22(28)10-6-20/h5-14,17,19,29H,2-4,15-16,18H2,1H3/t19-/m1/s1. The van der Waals surface area contributed by atoms with Crippen LogP contribution < -0.4 is 14.5 Å². The number of sulfonamides is 1. The summed E-state index contributed by atoms with van der Waals surface area (Å²) in [6.07, 6.45) is 3.70. The van der Waals surface area contributed by atoms with Crippen LogP contribution in [0.2, 0.25) is 5.02 Å². The Hall–Kier alpha value is -2.65. The Morgan fingerprint density at radius 3 is 2.36 bits per heavy atom. The molecule has 0 aliphatic carbocycles. The highest BCUT2D eigenvalue weighted by molar-refractivity contribution is 7.89. The fourth-order valence-corrected chi connectivity index (χ4v) is 7.02. The fraction of sp³-hybridized carbons (Fsp3) is 0.296. The van der Waals surface area contributed by atoms with Crippen LogP contribution in [0.1, 0.15) is 43.4 Å². The van der Waals surface area contributed by atoms with E-state index in [2.05, 4.69) is 21.8 Å². The monoisotopic (exact) mass is 541 g/mol. The van der Waals surface area contributed by atoms with E-state index in [9.17, 15) is 13.2 Å². The number of nitrogens with zero attached hydrogens (tertiary/aromatic N) is 2. The first-order chi connectivity index (χ1) is 17.3. The van der Waals surface area contributed by atoms with E-state index in [1.807, 2.05) is 31.2 Å². The lowest BCUT2D eigenvalue weighted by Gasteiger charge is -2.29. The van der Waals surface area contributed by atoms with Crippen LogP contribution >= 0.6 is 22.9 Å². The van der Waals surface area contributed by atoms with Gasteiger partial charge in [-0.1, -0.05) is 47.2 Å². The summed E-state index contributed by atoms with van der Waals surface area (Å²) in [5.41, 5.74) is 3.73. The van der Waals surface area contributed by atoms with Crippen LogP contribution in [0.25, 0.3) is 10.2 Å². The van der Waals surface area contributed by atoms with Gasteiger partial charge < -0.3 is 4.90 Å². The number of benzene rings is 3. The lowest BCUT2D eigenvalue weighted by Crippen LogP contribution is -2.29. The van der Waals surface area contributed by atoms with Crippen LogP contribution in [-0.2, 0) is 16.6 Å². The Balaban J connectivity index is 1.33. The van der Waals surface area contributed by atoms with Crippen molar-refractivity contribution in [2.75, 3.05) is 18.0 Å². The molecule has 1 aliphatic heterocycles. The van der Waals surface area contributed by atoms with Crippen LogP contribution in [0.5, 0.6) is 0 Å². The van der Waals surface area contributed by atoms with Gasteiger partial charge in [-0.25, -0.2) is 13.1 Å². The van der Waals surface area contributed by atoms with Crippen LogP contribution in [-0.4, -0.2) is 26.1 Å². The minimum atomic E-state index is -3.78. The molecule has 2 heterocycles. The van der Waals surface area contributed by atoms with Gasteiger partial charge in [0.25, 0.3) is 0 Å². The van der Waals surface area contributed by atoms with E-state index in [1.54, 1.807) is 34.9 Å². The van der Waals surface area contributed by atoms with Crippen molar-refractivity contribution in [1.82, 2.24) is 9.29 Å². The van der Waals surface area contributed by atoms with Crippen molar-refractivity contribution in [2.24, 2.45) is 0 Å². The summed E-state index contributed by atoms with van der Waals surface area (Å²) in [5.74, 6) is 0. The molecule has 36 heavy (non-hydrogen) atoms. The minimum Gasteiger partial charge on any atom is -0.372 e. The van der Waals surface area contributed by atoms with Crippen molar-refractivity contribution in [3.63, 3.8) is 0 Å². The summed E-state index contributed by atoms with van der Waals surface area (Å²) in [6, 6.07) is 19.9. The predicted molar refractivity (Wildman–Crippen MR) is 148 cm³/mol. The molecule has 1 N–H and O–H groups in total. The van der Waals surface area contributed by atoms with Crippen LogP contribution in [0.15, 0.2) is 76.4 Å². The van der Waals surface area contributed by atoms with Gasteiger partial charge in [0.2, 0.25) is 10.0 Å². The summed E-state index contributed by atoms with van der Waals surface area (Å²) in [5, 5.41) is 0.635. The van der Waals surface area contributed by atoms with Gasteiger partial charge in [-0.05, 0) is 79.8 Å². The highest BCUT2D eigenvalue weighted by Gasteiger charge is 2.21.